The van der Waals surface area contributed by atoms with Crippen molar-refractivity contribution < 1.29 is 4.79 Å². The van der Waals surface area contributed by atoms with E-state index in [0.29, 0.717) is 5.92 Å². The Morgan fingerprint density at radius 3 is 3.09 bits per heavy atom. The molecular weight excluding hydrogens is 316 g/mol. The van der Waals surface area contributed by atoms with Crippen molar-refractivity contribution in [3.8, 4) is 0 Å². The number of likely N-dealkylation sites (tertiary alicyclic amines) is 1. The molecule has 3 nitrogen and oxygen atoms in total. The first-order valence-corrected chi connectivity index (χ1v) is 8.80. The highest BCUT2D eigenvalue weighted by Gasteiger charge is 2.23. The lowest BCUT2D eigenvalue weighted by molar-refractivity contribution is 0.0947. The number of carbonyl (C=O) groups excluding carboxylic acids is 1. The standard InChI is InChI=1S/C17H19ClN2OS/c18-16-3-1-2-13(8-16)10-20-6-4-14(11-20)9-19-17(21)15-5-7-22-12-15/h1-3,5,7-8,12,14H,4,6,9-11H2,(H,19,21). The number of amides is 1. The molecule has 2 heterocycles. The molecule has 22 heavy (non-hydrogen) atoms. The number of nitrogens with one attached hydrogen (secondary N) is 1. The number of carbonyl (C=O) groups is 1. The highest BCUT2D eigenvalue weighted by molar-refractivity contribution is 7.08. The molecule has 0 radical (unpaired) electrons. The van der Waals surface area contributed by atoms with Crippen LogP contribution in [0.25, 0.3) is 0 Å². The van der Waals surface area contributed by atoms with Gasteiger partial charge in [0.05, 0.1) is 0 Å². The van der Waals surface area contributed by atoms with Crippen molar-refractivity contribution in [2.45, 2.75) is 13.0 Å². The summed E-state index contributed by atoms with van der Waals surface area (Å²) < 4.78 is 0. The van der Waals surface area contributed by atoms with E-state index in [0.717, 1.165) is 43.2 Å². The van der Waals surface area contributed by atoms with Gasteiger partial charge in [0, 0.05) is 35.6 Å². The molecule has 1 amide bonds. The minimum Gasteiger partial charge on any atom is -0.352 e. The summed E-state index contributed by atoms with van der Waals surface area (Å²) in [6.07, 6.45) is 1.13. The minimum atomic E-state index is 0.0366. The normalized spacial score (nSPS) is 18.5. The van der Waals surface area contributed by atoms with Crippen LogP contribution >= 0.6 is 22.9 Å². The van der Waals surface area contributed by atoms with Crippen LogP contribution in [0.4, 0.5) is 0 Å². The van der Waals surface area contributed by atoms with Gasteiger partial charge in [-0.15, -0.1) is 0 Å². The molecule has 1 aromatic heterocycles. The molecule has 1 unspecified atom stereocenters. The smallest absolute Gasteiger partial charge is 0.252 e. The summed E-state index contributed by atoms with van der Waals surface area (Å²) in [5.41, 5.74) is 2.01. The molecule has 0 spiro atoms. The number of hydrogen-bond acceptors (Lipinski definition) is 3. The third-order valence-electron chi connectivity index (χ3n) is 4.00. The largest absolute Gasteiger partial charge is 0.352 e. The van der Waals surface area contributed by atoms with Crippen molar-refractivity contribution in [3.63, 3.8) is 0 Å². The molecule has 1 saturated heterocycles. The Morgan fingerprint density at radius 1 is 1.41 bits per heavy atom. The Kier molecular flexibility index (Phi) is 5.13. The van der Waals surface area contributed by atoms with E-state index in [2.05, 4.69) is 16.3 Å². The molecule has 0 bridgehead atoms. The number of rotatable bonds is 5. The SMILES string of the molecule is O=C(NCC1CCN(Cc2cccc(Cl)c2)C1)c1ccsc1. The molecule has 2 aromatic rings. The van der Waals surface area contributed by atoms with Gasteiger partial charge in [-0.3, -0.25) is 9.69 Å². The average molecular weight is 335 g/mol. The second kappa shape index (κ2) is 7.27. The third-order valence-corrected chi connectivity index (χ3v) is 4.92. The molecule has 116 valence electrons. The van der Waals surface area contributed by atoms with Crippen LogP contribution < -0.4 is 5.32 Å². The molecule has 3 rings (SSSR count). The molecule has 5 heteroatoms. The van der Waals surface area contributed by atoms with Crippen LogP contribution in [0.15, 0.2) is 41.1 Å². The van der Waals surface area contributed by atoms with Crippen molar-refractivity contribution in [3.05, 3.63) is 57.2 Å². The van der Waals surface area contributed by atoms with Gasteiger partial charge < -0.3 is 5.32 Å². The van der Waals surface area contributed by atoms with Gasteiger partial charge in [0.1, 0.15) is 0 Å². The zero-order valence-corrected chi connectivity index (χ0v) is 13.9. The Hall–Kier alpha value is -1.36. The Bertz CT molecular complexity index is 629. The van der Waals surface area contributed by atoms with Crippen molar-refractivity contribution >= 4 is 28.8 Å². The maximum absolute atomic E-state index is 11.9. The van der Waals surface area contributed by atoms with Gasteiger partial charge in [0.25, 0.3) is 5.91 Å². The molecular formula is C17H19ClN2OS. The van der Waals surface area contributed by atoms with Gasteiger partial charge in [-0.2, -0.15) is 11.3 Å². The van der Waals surface area contributed by atoms with Crippen LogP contribution in [0.3, 0.4) is 0 Å². The maximum Gasteiger partial charge on any atom is 0.252 e. The molecule has 1 aliphatic heterocycles. The fourth-order valence-corrected chi connectivity index (χ4v) is 3.70. The van der Waals surface area contributed by atoms with Crippen molar-refractivity contribution in [1.82, 2.24) is 10.2 Å². The average Bonchev–Trinajstić information content (AvgIpc) is 3.16. The van der Waals surface area contributed by atoms with Gasteiger partial charge in [0.2, 0.25) is 0 Å². The fraction of sp³-hybridized carbons (Fsp3) is 0.353. The topological polar surface area (TPSA) is 32.3 Å². The van der Waals surface area contributed by atoms with E-state index >= 15 is 0 Å². The van der Waals surface area contributed by atoms with Gasteiger partial charge >= 0.3 is 0 Å². The van der Waals surface area contributed by atoms with E-state index in [9.17, 15) is 4.79 Å². The summed E-state index contributed by atoms with van der Waals surface area (Å²) in [5.74, 6) is 0.566. The molecule has 0 aliphatic carbocycles. The number of nitrogens with zero attached hydrogens (tertiary/aromatic N) is 1. The number of hydrogen-bond donors (Lipinski definition) is 1. The van der Waals surface area contributed by atoms with Crippen LogP contribution in [0.2, 0.25) is 5.02 Å². The van der Waals surface area contributed by atoms with E-state index < -0.39 is 0 Å². The van der Waals surface area contributed by atoms with Crippen molar-refractivity contribution in [2.24, 2.45) is 5.92 Å². The van der Waals surface area contributed by atoms with E-state index in [1.54, 1.807) is 11.3 Å². The first kappa shape index (κ1) is 15.5. The van der Waals surface area contributed by atoms with Crippen LogP contribution in [0.1, 0.15) is 22.3 Å². The second-order valence-corrected chi connectivity index (χ2v) is 6.96. The lowest BCUT2D eigenvalue weighted by Crippen LogP contribution is -2.30. The van der Waals surface area contributed by atoms with Crippen molar-refractivity contribution in [2.75, 3.05) is 19.6 Å². The molecule has 1 aliphatic rings. The summed E-state index contributed by atoms with van der Waals surface area (Å²) in [5, 5.41) is 7.64. The van der Waals surface area contributed by atoms with E-state index in [-0.39, 0.29) is 5.91 Å². The zero-order chi connectivity index (χ0) is 15.4. The van der Waals surface area contributed by atoms with Gasteiger partial charge in [-0.1, -0.05) is 23.7 Å². The minimum absolute atomic E-state index is 0.0366. The van der Waals surface area contributed by atoms with Gasteiger partial charge in [-0.25, -0.2) is 0 Å². The lowest BCUT2D eigenvalue weighted by Gasteiger charge is -2.16. The summed E-state index contributed by atoms with van der Waals surface area (Å²) in [7, 11) is 0. The molecule has 1 aromatic carbocycles. The molecule has 1 N–H and O–H groups in total. The molecule has 1 fully saturated rings. The first-order valence-electron chi connectivity index (χ1n) is 7.48. The lowest BCUT2D eigenvalue weighted by atomic mass is 10.1. The van der Waals surface area contributed by atoms with Crippen molar-refractivity contribution in [1.29, 1.82) is 0 Å². The second-order valence-electron chi connectivity index (χ2n) is 5.74. The Labute approximate surface area is 139 Å². The summed E-state index contributed by atoms with van der Waals surface area (Å²) in [6, 6.07) is 9.88. The molecule has 0 saturated carbocycles. The predicted molar refractivity (Wildman–Crippen MR) is 91.5 cm³/mol. The quantitative estimate of drug-likeness (QED) is 0.905. The first-order chi connectivity index (χ1) is 10.7. The van der Waals surface area contributed by atoms with Gasteiger partial charge in [0.15, 0.2) is 0 Å². The van der Waals surface area contributed by atoms with Crippen LogP contribution in [-0.2, 0) is 6.54 Å². The third kappa shape index (κ3) is 4.09. The van der Waals surface area contributed by atoms with Crippen LogP contribution in [0.5, 0.6) is 0 Å². The zero-order valence-electron chi connectivity index (χ0n) is 12.3. The molecule has 1 atom stereocenters. The fourth-order valence-electron chi connectivity index (χ4n) is 2.85. The predicted octanol–water partition coefficient (Wildman–Crippen LogP) is 3.65. The highest BCUT2D eigenvalue weighted by atomic mass is 35.5. The maximum atomic E-state index is 11.9. The monoisotopic (exact) mass is 334 g/mol. The van der Waals surface area contributed by atoms with Crippen LogP contribution in [-0.4, -0.2) is 30.4 Å². The van der Waals surface area contributed by atoms with E-state index in [4.69, 9.17) is 11.6 Å². The summed E-state index contributed by atoms with van der Waals surface area (Å²) in [6.45, 7) is 3.78. The number of halogens is 1. The Morgan fingerprint density at radius 2 is 2.32 bits per heavy atom. The highest BCUT2D eigenvalue weighted by Crippen LogP contribution is 2.20. The number of benzene rings is 1. The van der Waals surface area contributed by atoms with E-state index in [1.807, 2.05) is 35.0 Å². The summed E-state index contributed by atoms with van der Waals surface area (Å²) in [4.78, 5) is 14.4. The number of thiophene rings is 1. The van der Waals surface area contributed by atoms with Crippen LogP contribution in [0, 0.1) is 5.92 Å². The summed E-state index contributed by atoms with van der Waals surface area (Å²) >= 11 is 7.58. The van der Waals surface area contributed by atoms with E-state index in [1.165, 1.54) is 5.56 Å². The van der Waals surface area contributed by atoms with Gasteiger partial charge in [-0.05, 0) is 48.0 Å². The Balaban J connectivity index is 1.45.